The van der Waals surface area contributed by atoms with Gasteiger partial charge in [-0.15, -0.1) is 0 Å². The van der Waals surface area contributed by atoms with Crippen LogP contribution in [-0.2, 0) is 0 Å². The molecule has 1 atom stereocenters. The Kier molecular flexibility index (Phi) is 8.14. The number of aromatic nitrogens is 3. The number of rotatable bonds is 8. The number of nitrogens with zero attached hydrogens (tertiary/aromatic N) is 4. The summed E-state index contributed by atoms with van der Waals surface area (Å²) in [6, 6.07) is 21.1. The average molecular weight is 583 g/mol. The molecule has 5 rings (SSSR count). The van der Waals surface area contributed by atoms with Crippen molar-refractivity contribution in [3.63, 3.8) is 0 Å². The van der Waals surface area contributed by atoms with E-state index in [4.69, 9.17) is 21.4 Å². The van der Waals surface area contributed by atoms with E-state index >= 15 is 4.39 Å². The highest BCUT2D eigenvalue weighted by Crippen LogP contribution is 2.40. The van der Waals surface area contributed by atoms with Gasteiger partial charge in [-0.1, -0.05) is 48.5 Å². The predicted molar refractivity (Wildman–Crippen MR) is 170 cm³/mol. The summed E-state index contributed by atoms with van der Waals surface area (Å²) in [6.45, 7) is 13.5. The molecule has 0 radical (unpaired) electrons. The Morgan fingerprint density at radius 1 is 1.07 bits per heavy atom. The quantitative estimate of drug-likeness (QED) is 0.172. The molecule has 0 N–H and O–H groups in total. The maximum absolute atomic E-state index is 15.1. The molecule has 0 spiro atoms. The lowest BCUT2D eigenvalue weighted by Crippen LogP contribution is -2.26. The second-order valence-electron chi connectivity index (χ2n) is 10.4. The molecule has 214 valence electrons. The number of halogens is 2. The molecule has 5 aromatic rings. The van der Waals surface area contributed by atoms with Crippen molar-refractivity contribution in [2.24, 2.45) is 4.99 Å². The molecule has 0 saturated carbocycles. The third-order valence-electron chi connectivity index (χ3n) is 6.96. The number of aliphatic imine (C=N–C) groups is 1. The van der Waals surface area contributed by atoms with E-state index in [1.54, 1.807) is 33.7 Å². The molecule has 6 nitrogen and oxygen atoms in total. The maximum atomic E-state index is 15.1. The fourth-order valence-corrected chi connectivity index (χ4v) is 5.41. The molecule has 42 heavy (non-hydrogen) atoms. The molecule has 0 amide bonds. The van der Waals surface area contributed by atoms with Gasteiger partial charge in [0.15, 0.2) is 17.4 Å². The maximum Gasteiger partial charge on any atom is 0.264 e. The van der Waals surface area contributed by atoms with Crippen LogP contribution in [0, 0.1) is 5.82 Å². The molecule has 0 aliphatic rings. The Morgan fingerprint density at radius 3 is 2.45 bits per heavy atom. The van der Waals surface area contributed by atoms with E-state index in [1.807, 2.05) is 83.1 Å². The van der Waals surface area contributed by atoms with Crippen molar-refractivity contribution >= 4 is 40.0 Å². The number of hydrogen-bond donors (Lipinski definition) is 0. The van der Waals surface area contributed by atoms with Gasteiger partial charge in [0.25, 0.3) is 5.56 Å². The van der Waals surface area contributed by atoms with Gasteiger partial charge in [-0.3, -0.25) is 9.36 Å². The zero-order valence-electron chi connectivity index (χ0n) is 24.2. The second-order valence-corrected chi connectivity index (χ2v) is 10.8. The summed E-state index contributed by atoms with van der Waals surface area (Å²) in [7, 11) is 0. The number of fused-ring (bicyclic) bond motifs is 1. The topological polar surface area (TPSA) is 61.4 Å². The van der Waals surface area contributed by atoms with E-state index in [1.165, 1.54) is 6.07 Å². The first-order valence-electron chi connectivity index (χ1n) is 13.8. The Bertz CT molecular complexity index is 1890. The lowest BCUT2D eigenvalue weighted by Gasteiger charge is -2.21. The molecule has 0 aliphatic heterocycles. The van der Waals surface area contributed by atoms with Gasteiger partial charge in [0.2, 0.25) is 0 Å². The minimum atomic E-state index is -0.485. The number of para-hydroxylation sites is 1. The first-order chi connectivity index (χ1) is 20.1. The third-order valence-corrected chi connectivity index (χ3v) is 7.28. The van der Waals surface area contributed by atoms with Gasteiger partial charge in [0.05, 0.1) is 28.2 Å². The smallest absolute Gasteiger partial charge is 0.264 e. The van der Waals surface area contributed by atoms with Crippen LogP contribution < -0.4 is 10.3 Å². The molecular formula is C34H32ClFN4O2. The molecule has 0 aliphatic carbocycles. The summed E-state index contributed by atoms with van der Waals surface area (Å²) in [5, 5.41) is 6.53. The second kappa shape index (κ2) is 11.8. The molecule has 8 heteroatoms. The molecule has 3 aromatic carbocycles. The third kappa shape index (κ3) is 5.28. The van der Waals surface area contributed by atoms with E-state index < -0.39 is 11.9 Å². The minimum Gasteiger partial charge on any atom is -0.488 e. The van der Waals surface area contributed by atoms with E-state index in [2.05, 4.69) is 11.6 Å². The molecule has 2 aromatic heterocycles. The van der Waals surface area contributed by atoms with Gasteiger partial charge in [-0.2, -0.15) is 5.10 Å². The SMILES string of the molecule is C=C(C)c1c(-c2ccc(OC(C)C)c(F)c2)nn(C(C)c2cc3cccc(Cl)c3c(=O)n2-c2ccccc2)c1/N=C\C. The summed E-state index contributed by atoms with van der Waals surface area (Å²) >= 11 is 6.52. The Balaban J connectivity index is 1.78. The van der Waals surface area contributed by atoms with Gasteiger partial charge < -0.3 is 4.74 Å². The van der Waals surface area contributed by atoms with Crippen molar-refractivity contribution in [1.29, 1.82) is 0 Å². The Hall–Kier alpha value is -4.49. The zero-order valence-corrected chi connectivity index (χ0v) is 25.0. The van der Waals surface area contributed by atoms with Crippen LogP contribution in [0.2, 0.25) is 5.02 Å². The normalized spacial score (nSPS) is 12.4. The summed E-state index contributed by atoms with van der Waals surface area (Å²) in [6.07, 6.45) is 1.52. The van der Waals surface area contributed by atoms with Gasteiger partial charge in [-0.05, 0) is 88.0 Å². The lowest BCUT2D eigenvalue weighted by molar-refractivity contribution is 0.231. The highest BCUT2D eigenvalue weighted by Gasteiger charge is 2.26. The summed E-state index contributed by atoms with van der Waals surface area (Å²) in [5.74, 6) is 0.238. The first-order valence-corrected chi connectivity index (χ1v) is 14.1. The van der Waals surface area contributed by atoms with Crippen molar-refractivity contribution in [3.8, 4) is 22.7 Å². The Morgan fingerprint density at radius 2 is 1.81 bits per heavy atom. The van der Waals surface area contributed by atoms with E-state index in [-0.39, 0.29) is 17.4 Å². The van der Waals surface area contributed by atoms with Crippen LogP contribution in [0.1, 0.15) is 51.9 Å². The zero-order chi connectivity index (χ0) is 30.1. The van der Waals surface area contributed by atoms with Crippen LogP contribution in [-0.4, -0.2) is 26.7 Å². The molecule has 1 unspecified atom stereocenters. The van der Waals surface area contributed by atoms with E-state index in [9.17, 15) is 4.79 Å². The van der Waals surface area contributed by atoms with E-state index in [0.717, 1.165) is 11.0 Å². The summed E-state index contributed by atoms with van der Waals surface area (Å²) in [4.78, 5) is 18.7. The number of ether oxygens (including phenoxy) is 1. The molecule has 0 saturated heterocycles. The summed E-state index contributed by atoms with van der Waals surface area (Å²) in [5.41, 5.74) is 3.65. The minimum absolute atomic E-state index is 0.166. The van der Waals surface area contributed by atoms with Crippen molar-refractivity contribution in [2.75, 3.05) is 0 Å². The van der Waals surface area contributed by atoms with Crippen LogP contribution in [0.3, 0.4) is 0 Å². The van der Waals surface area contributed by atoms with Gasteiger partial charge in [-0.25, -0.2) is 14.1 Å². The van der Waals surface area contributed by atoms with Crippen molar-refractivity contribution in [2.45, 2.75) is 46.8 Å². The van der Waals surface area contributed by atoms with Crippen molar-refractivity contribution in [3.05, 3.63) is 112 Å². The van der Waals surface area contributed by atoms with Crippen molar-refractivity contribution < 1.29 is 9.13 Å². The lowest BCUT2D eigenvalue weighted by atomic mass is 10.0. The molecule has 0 bridgehead atoms. The molecule has 2 heterocycles. The van der Waals surface area contributed by atoms with Gasteiger partial charge in [0.1, 0.15) is 5.69 Å². The number of hydrogen-bond acceptors (Lipinski definition) is 4. The van der Waals surface area contributed by atoms with Crippen LogP contribution in [0.5, 0.6) is 5.75 Å². The fourth-order valence-electron chi connectivity index (χ4n) is 5.15. The van der Waals surface area contributed by atoms with Crippen LogP contribution >= 0.6 is 11.6 Å². The highest BCUT2D eigenvalue weighted by atomic mass is 35.5. The number of pyridine rings is 1. The fraction of sp³-hybridized carbons (Fsp3) is 0.206. The number of allylic oxidation sites excluding steroid dienone is 1. The van der Waals surface area contributed by atoms with Crippen molar-refractivity contribution in [1.82, 2.24) is 14.3 Å². The highest BCUT2D eigenvalue weighted by molar-refractivity contribution is 6.35. The average Bonchev–Trinajstić information content (AvgIpc) is 3.33. The Labute approximate surface area is 249 Å². The molecule has 0 fully saturated rings. The summed E-state index contributed by atoms with van der Waals surface area (Å²) < 4.78 is 24.1. The van der Waals surface area contributed by atoms with Crippen LogP contribution in [0.15, 0.2) is 89.2 Å². The predicted octanol–water partition coefficient (Wildman–Crippen LogP) is 8.80. The van der Waals surface area contributed by atoms with Gasteiger partial charge >= 0.3 is 0 Å². The number of benzene rings is 3. The van der Waals surface area contributed by atoms with Crippen LogP contribution in [0.4, 0.5) is 10.2 Å². The van der Waals surface area contributed by atoms with Crippen LogP contribution in [0.25, 0.3) is 33.3 Å². The van der Waals surface area contributed by atoms with Gasteiger partial charge in [0, 0.05) is 23.0 Å². The standard InChI is InChI=1S/C34H32ClFN4O2/c1-7-37-33-30(20(2)3)32(24-16-17-29(27(36)18-24)42-21(4)5)38-40(33)22(6)28-19-23-12-11-15-26(35)31(23)34(41)39(28)25-13-9-8-10-14-25/h7-19,21-22H,2H2,1,3-6H3/b37-7-. The first kappa shape index (κ1) is 29.0. The monoisotopic (exact) mass is 582 g/mol. The molecular weight excluding hydrogens is 551 g/mol. The largest absolute Gasteiger partial charge is 0.488 e. The van der Waals surface area contributed by atoms with E-state index in [0.29, 0.717) is 44.4 Å².